The van der Waals surface area contributed by atoms with E-state index in [-0.39, 0.29) is 5.82 Å². The zero-order valence-corrected chi connectivity index (χ0v) is 13.6. The van der Waals surface area contributed by atoms with Crippen molar-refractivity contribution in [1.29, 1.82) is 0 Å². The molecule has 0 saturated carbocycles. The van der Waals surface area contributed by atoms with Crippen molar-refractivity contribution in [1.82, 2.24) is 0 Å². The maximum absolute atomic E-state index is 13.6. The Bertz CT molecular complexity index is 572. The Morgan fingerprint density at radius 3 is 2.62 bits per heavy atom. The van der Waals surface area contributed by atoms with Gasteiger partial charge in [-0.15, -0.1) is 0 Å². The highest BCUT2D eigenvalue weighted by atomic mass is 79.9. The van der Waals surface area contributed by atoms with Crippen molar-refractivity contribution >= 4 is 21.6 Å². The van der Waals surface area contributed by atoms with Crippen LogP contribution in [-0.2, 0) is 6.54 Å². The van der Waals surface area contributed by atoms with Gasteiger partial charge in [-0.1, -0.05) is 41.4 Å². The molecule has 2 aromatic carbocycles. The lowest BCUT2D eigenvalue weighted by Gasteiger charge is -2.09. The molecule has 0 amide bonds. The summed E-state index contributed by atoms with van der Waals surface area (Å²) < 4.78 is 20.1. The van der Waals surface area contributed by atoms with E-state index in [1.165, 1.54) is 6.07 Å². The maximum Gasteiger partial charge on any atom is 0.146 e. The van der Waals surface area contributed by atoms with Gasteiger partial charge in [0.05, 0.1) is 12.3 Å². The Kier molecular flexibility index (Phi) is 6.05. The molecule has 2 rings (SSSR count). The molecule has 0 spiro atoms. The summed E-state index contributed by atoms with van der Waals surface area (Å²) >= 11 is 3.34. The van der Waals surface area contributed by atoms with Crippen molar-refractivity contribution in [3.63, 3.8) is 0 Å². The van der Waals surface area contributed by atoms with Crippen LogP contribution < -0.4 is 10.1 Å². The molecule has 4 heteroatoms. The minimum absolute atomic E-state index is 0.252. The number of halogens is 2. The van der Waals surface area contributed by atoms with E-state index in [9.17, 15) is 4.39 Å². The quantitative estimate of drug-likeness (QED) is 0.676. The monoisotopic (exact) mass is 351 g/mol. The molecule has 0 atom stereocenters. The zero-order valence-electron chi connectivity index (χ0n) is 12.0. The second-order valence-electron chi connectivity index (χ2n) is 4.82. The van der Waals surface area contributed by atoms with Crippen molar-refractivity contribution < 1.29 is 9.13 Å². The highest BCUT2D eigenvalue weighted by molar-refractivity contribution is 9.10. The van der Waals surface area contributed by atoms with Gasteiger partial charge in [0.15, 0.2) is 0 Å². The summed E-state index contributed by atoms with van der Waals surface area (Å²) in [4.78, 5) is 0. The van der Waals surface area contributed by atoms with E-state index in [1.54, 1.807) is 12.1 Å². The molecule has 0 bridgehead atoms. The summed E-state index contributed by atoms with van der Waals surface area (Å²) in [5.41, 5.74) is 1.57. The zero-order chi connectivity index (χ0) is 15.1. The molecule has 2 nitrogen and oxygen atoms in total. The van der Waals surface area contributed by atoms with E-state index in [4.69, 9.17) is 4.74 Å². The molecule has 0 radical (unpaired) electrons. The third kappa shape index (κ3) is 5.05. The molecule has 0 aliphatic heterocycles. The summed E-state index contributed by atoms with van der Waals surface area (Å²) in [5.74, 6) is 0.624. The van der Waals surface area contributed by atoms with E-state index in [0.717, 1.165) is 35.2 Å². The Hall–Kier alpha value is -1.55. The molecule has 0 unspecified atom stereocenters. The Labute approximate surface area is 133 Å². The molecule has 0 aliphatic rings. The molecule has 112 valence electrons. The molecule has 0 aromatic heterocycles. The van der Waals surface area contributed by atoms with E-state index >= 15 is 0 Å². The number of hydrogen-bond acceptors (Lipinski definition) is 2. The molecular formula is C17H19BrFNO. The van der Waals surface area contributed by atoms with Gasteiger partial charge in [0, 0.05) is 11.0 Å². The van der Waals surface area contributed by atoms with Gasteiger partial charge in [0.2, 0.25) is 0 Å². The molecule has 0 heterocycles. The summed E-state index contributed by atoms with van der Waals surface area (Å²) in [7, 11) is 0. The largest absolute Gasteiger partial charge is 0.494 e. The lowest BCUT2D eigenvalue weighted by Crippen LogP contribution is -2.02. The second kappa shape index (κ2) is 8.03. The molecule has 21 heavy (non-hydrogen) atoms. The predicted molar refractivity (Wildman–Crippen MR) is 88.3 cm³/mol. The minimum Gasteiger partial charge on any atom is -0.494 e. The Morgan fingerprint density at radius 1 is 1.14 bits per heavy atom. The number of hydrogen-bond donors (Lipinski definition) is 1. The fourth-order valence-electron chi connectivity index (χ4n) is 1.87. The summed E-state index contributed by atoms with van der Waals surface area (Å²) in [6, 6.07) is 12.7. The Morgan fingerprint density at radius 2 is 1.90 bits per heavy atom. The van der Waals surface area contributed by atoms with Crippen molar-refractivity contribution in [2.45, 2.75) is 26.3 Å². The van der Waals surface area contributed by atoms with Crippen molar-refractivity contribution in [2.75, 3.05) is 11.9 Å². The van der Waals surface area contributed by atoms with Gasteiger partial charge in [-0.05, 0) is 42.3 Å². The normalized spacial score (nSPS) is 10.4. The first-order valence-electron chi connectivity index (χ1n) is 7.09. The van der Waals surface area contributed by atoms with Crippen molar-refractivity contribution in [3.8, 4) is 5.75 Å². The predicted octanol–water partition coefficient (Wildman–Crippen LogP) is 5.38. The van der Waals surface area contributed by atoms with E-state index in [2.05, 4.69) is 28.2 Å². The van der Waals surface area contributed by atoms with Crippen LogP contribution in [0.25, 0.3) is 0 Å². The molecule has 0 fully saturated rings. The van der Waals surface area contributed by atoms with Gasteiger partial charge >= 0.3 is 0 Å². The summed E-state index contributed by atoms with van der Waals surface area (Å²) in [6.45, 7) is 3.46. The van der Waals surface area contributed by atoms with Crippen LogP contribution in [0.3, 0.4) is 0 Å². The number of anilines is 1. The number of rotatable bonds is 7. The molecule has 2 aromatic rings. The van der Waals surface area contributed by atoms with E-state index in [0.29, 0.717) is 12.2 Å². The van der Waals surface area contributed by atoms with E-state index < -0.39 is 0 Å². The van der Waals surface area contributed by atoms with Crippen LogP contribution in [-0.4, -0.2) is 6.61 Å². The third-order valence-corrected chi connectivity index (χ3v) is 3.59. The minimum atomic E-state index is -0.252. The average Bonchev–Trinajstić information content (AvgIpc) is 2.50. The fourth-order valence-corrected chi connectivity index (χ4v) is 2.23. The van der Waals surface area contributed by atoms with Crippen LogP contribution in [0, 0.1) is 5.82 Å². The van der Waals surface area contributed by atoms with Crippen LogP contribution in [0.15, 0.2) is 46.9 Å². The van der Waals surface area contributed by atoms with Crippen LogP contribution in [0.2, 0.25) is 0 Å². The SMILES string of the molecule is CCCCOc1ccc(CNc2cc(Br)ccc2F)cc1. The lowest BCUT2D eigenvalue weighted by molar-refractivity contribution is 0.309. The van der Waals surface area contributed by atoms with Gasteiger partial charge in [-0.3, -0.25) is 0 Å². The van der Waals surface area contributed by atoms with Crippen LogP contribution in [0.4, 0.5) is 10.1 Å². The molecule has 0 saturated heterocycles. The van der Waals surface area contributed by atoms with Crippen molar-refractivity contribution in [2.24, 2.45) is 0 Å². The number of benzene rings is 2. The van der Waals surface area contributed by atoms with Crippen LogP contribution >= 0.6 is 15.9 Å². The Balaban J connectivity index is 1.90. The number of unbranched alkanes of at least 4 members (excludes halogenated alkanes) is 1. The molecule has 0 aliphatic carbocycles. The topological polar surface area (TPSA) is 21.3 Å². The lowest BCUT2D eigenvalue weighted by atomic mass is 10.2. The second-order valence-corrected chi connectivity index (χ2v) is 5.74. The van der Waals surface area contributed by atoms with Gasteiger partial charge in [0.1, 0.15) is 11.6 Å². The average molecular weight is 352 g/mol. The summed E-state index contributed by atoms with van der Waals surface area (Å²) in [6.07, 6.45) is 2.19. The van der Waals surface area contributed by atoms with Crippen LogP contribution in [0.5, 0.6) is 5.75 Å². The molecule has 1 N–H and O–H groups in total. The van der Waals surface area contributed by atoms with Crippen molar-refractivity contribution in [3.05, 3.63) is 58.3 Å². The fraction of sp³-hybridized carbons (Fsp3) is 0.294. The smallest absolute Gasteiger partial charge is 0.146 e. The van der Waals surface area contributed by atoms with Gasteiger partial charge < -0.3 is 10.1 Å². The van der Waals surface area contributed by atoms with Gasteiger partial charge in [0.25, 0.3) is 0 Å². The first-order valence-corrected chi connectivity index (χ1v) is 7.89. The standard InChI is InChI=1S/C17H19BrFNO/c1-2-3-10-21-15-7-4-13(5-8-15)12-20-17-11-14(18)6-9-16(17)19/h4-9,11,20H,2-3,10,12H2,1H3. The first kappa shape index (κ1) is 15.8. The third-order valence-electron chi connectivity index (χ3n) is 3.10. The van der Waals surface area contributed by atoms with Crippen LogP contribution in [0.1, 0.15) is 25.3 Å². The van der Waals surface area contributed by atoms with E-state index in [1.807, 2.05) is 24.3 Å². The summed E-state index contributed by atoms with van der Waals surface area (Å²) in [5, 5.41) is 3.10. The highest BCUT2D eigenvalue weighted by Gasteiger charge is 2.02. The van der Waals surface area contributed by atoms with Gasteiger partial charge in [-0.25, -0.2) is 4.39 Å². The maximum atomic E-state index is 13.6. The molecular weight excluding hydrogens is 333 g/mol. The number of ether oxygens (including phenoxy) is 1. The highest BCUT2D eigenvalue weighted by Crippen LogP contribution is 2.21. The van der Waals surface area contributed by atoms with Gasteiger partial charge in [-0.2, -0.15) is 0 Å². The first-order chi connectivity index (χ1) is 10.2. The number of nitrogens with one attached hydrogen (secondary N) is 1.